The Hall–Kier alpha value is -0.610. The summed E-state index contributed by atoms with van der Waals surface area (Å²) in [5.41, 5.74) is -0.300. The lowest BCUT2D eigenvalue weighted by Crippen LogP contribution is -2.50. The lowest BCUT2D eigenvalue weighted by molar-refractivity contribution is -0.146. The van der Waals surface area contributed by atoms with Crippen molar-refractivity contribution in [1.82, 2.24) is 10.2 Å². The molecule has 0 aromatic rings. The highest BCUT2D eigenvalue weighted by Crippen LogP contribution is 2.30. The van der Waals surface area contributed by atoms with Gasteiger partial charge in [-0.1, -0.05) is 6.92 Å². The molecule has 2 heterocycles. The third kappa shape index (κ3) is 2.63. The van der Waals surface area contributed by atoms with Gasteiger partial charge in [0.2, 0.25) is 5.91 Å². The first-order valence-electron chi connectivity index (χ1n) is 6.67. The molecule has 0 aromatic heterocycles. The minimum Gasteiger partial charge on any atom is -0.384 e. The summed E-state index contributed by atoms with van der Waals surface area (Å²) in [6.45, 7) is 6.32. The van der Waals surface area contributed by atoms with Crippen LogP contribution >= 0.6 is 0 Å². The molecular formula is C13H24N2O2. The predicted molar refractivity (Wildman–Crippen MR) is 66.8 cm³/mol. The number of methoxy groups -OCH3 is 1. The van der Waals surface area contributed by atoms with E-state index in [1.54, 1.807) is 7.11 Å². The van der Waals surface area contributed by atoms with Gasteiger partial charge in [-0.15, -0.1) is 0 Å². The second-order valence-electron chi connectivity index (χ2n) is 5.64. The van der Waals surface area contributed by atoms with Crippen LogP contribution in [0, 0.1) is 11.3 Å². The topological polar surface area (TPSA) is 41.6 Å². The lowest BCUT2D eigenvalue weighted by atomic mass is 9.85. The highest BCUT2D eigenvalue weighted by atomic mass is 16.5. The third-order valence-electron chi connectivity index (χ3n) is 4.06. The molecule has 98 valence electrons. The maximum absolute atomic E-state index is 12.7. The molecule has 0 aliphatic carbocycles. The second kappa shape index (κ2) is 5.36. The first-order chi connectivity index (χ1) is 8.18. The van der Waals surface area contributed by atoms with Crippen molar-refractivity contribution in [3.05, 3.63) is 0 Å². The molecule has 17 heavy (non-hydrogen) atoms. The summed E-state index contributed by atoms with van der Waals surface area (Å²) in [5.74, 6) is 0.942. The number of amides is 1. The quantitative estimate of drug-likeness (QED) is 0.796. The van der Waals surface area contributed by atoms with Gasteiger partial charge in [-0.05, 0) is 31.7 Å². The minimum absolute atomic E-state index is 0.300. The van der Waals surface area contributed by atoms with Gasteiger partial charge in [0.15, 0.2) is 0 Å². The summed E-state index contributed by atoms with van der Waals surface area (Å²) < 4.78 is 5.28. The van der Waals surface area contributed by atoms with Crippen LogP contribution < -0.4 is 5.32 Å². The van der Waals surface area contributed by atoms with Gasteiger partial charge in [0.25, 0.3) is 0 Å². The Morgan fingerprint density at radius 2 is 2.41 bits per heavy atom. The van der Waals surface area contributed by atoms with Crippen molar-refractivity contribution in [3.8, 4) is 0 Å². The largest absolute Gasteiger partial charge is 0.384 e. The first kappa shape index (κ1) is 12.8. The standard InChI is InChI=1S/C13H24N2O2/c1-11-4-3-7-15(8-11)12(16)13(10-17-2)5-6-14-9-13/h11,14H,3-10H2,1-2H3. The van der Waals surface area contributed by atoms with Crippen LogP contribution in [-0.4, -0.2) is 50.7 Å². The van der Waals surface area contributed by atoms with E-state index < -0.39 is 0 Å². The Morgan fingerprint density at radius 1 is 1.59 bits per heavy atom. The molecule has 2 aliphatic rings. The number of rotatable bonds is 3. The molecule has 1 amide bonds. The molecule has 4 heteroatoms. The summed E-state index contributed by atoms with van der Waals surface area (Å²) in [5, 5.41) is 3.30. The van der Waals surface area contributed by atoms with Gasteiger partial charge < -0.3 is 15.0 Å². The third-order valence-corrected chi connectivity index (χ3v) is 4.06. The Bertz CT molecular complexity index is 275. The normalized spacial score (nSPS) is 34.0. The molecule has 0 spiro atoms. The van der Waals surface area contributed by atoms with Crippen molar-refractivity contribution < 1.29 is 9.53 Å². The SMILES string of the molecule is COCC1(C(=O)N2CCCC(C)C2)CCNC1. The smallest absolute Gasteiger partial charge is 0.232 e. The first-order valence-corrected chi connectivity index (χ1v) is 6.67. The number of carbonyl (C=O) groups excluding carboxylic acids is 1. The highest BCUT2D eigenvalue weighted by molar-refractivity contribution is 5.83. The highest BCUT2D eigenvalue weighted by Gasteiger charge is 2.44. The summed E-state index contributed by atoms with van der Waals surface area (Å²) >= 11 is 0. The predicted octanol–water partition coefficient (Wildman–Crippen LogP) is 0.871. The monoisotopic (exact) mass is 240 g/mol. The maximum Gasteiger partial charge on any atom is 0.232 e. The molecule has 0 saturated carbocycles. The van der Waals surface area contributed by atoms with Crippen molar-refractivity contribution in [3.63, 3.8) is 0 Å². The fraction of sp³-hybridized carbons (Fsp3) is 0.923. The van der Waals surface area contributed by atoms with Gasteiger partial charge in [0.05, 0.1) is 12.0 Å². The molecule has 2 rings (SSSR count). The number of carbonyl (C=O) groups is 1. The van der Waals surface area contributed by atoms with Gasteiger partial charge in [0, 0.05) is 26.7 Å². The van der Waals surface area contributed by atoms with Crippen LogP contribution in [0.5, 0.6) is 0 Å². The Kier molecular flexibility index (Phi) is 4.05. The Balaban J connectivity index is 2.05. The lowest BCUT2D eigenvalue weighted by Gasteiger charge is -2.37. The average molecular weight is 240 g/mol. The van der Waals surface area contributed by atoms with E-state index in [4.69, 9.17) is 4.74 Å². The molecule has 2 atom stereocenters. The minimum atomic E-state index is -0.300. The maximum atomic E-state index is 12.7. The van der Waals surface area contributed by atoms with Gasteiger partial charge in [-0.25, -0.2) is 0 Å². The van der Waals surface area contributed by atoms with Gasteiger partial charge >= 0.3 is 0 Å². The van der Waals surface area contributed by atoms with E-state index in [1.807, 2.05) is 0 Å². The molecule has 0 radical (unpaired) electrons. The number of ether oxygens (including phenoxy) is 1. The Labute approximate surface area is 104 Å². The Morgan fingerprint density at radius 3 is 3.00 bits per heavy atom. The summed E-state index contributed by atoms with van der Waals surface area (Å²) in [6, 6.07) is 0. The van der Waals surface area contributed by atoms with E-state index in [2.05, 4.69) is 17.1 Å². The van der Waals surface area contributed by atoms with Crippen LogP contribution in [0.1, 0.15) is 26.2 Å². The number of nitrogens with one attached hydrogen (secondary N) is 1. The van der Waals surface area contributed by atoms with E-state index in [0.29, 0.717) is 18.4 Å². The number of piperidine rings is 1. The van der Waals surface area contributed by atoms with Gasteiger partial charge in [-0.2, -0.15) is 0 Å². The molecule has 2 fully saturated rings. The number of hydrogen-bond acceptors (Lipinski definition) is 3. The van der Waals surface area contributed by atoms with E-state index in [9.17, 15) is 4.79 Å². The number of nitrogens with zero attached hydrogens (tertiary/aromatic N) is 1. The van der Waals surface area contributed by atoms with Gasteiger partial charge in [-0.3, -0.25) is 4.79 Å². The van der Waals surface area contributed by atoms with Crippen LogP contribution in [-0.2, 0) is 9.53 Å². The van der Waals surface area contributed by atoms with Crippen LogP contribution in [0.15, 0.2) is 0 Å². The summed E-state index contributed by atoms with van der Waals surface area (Å²) in [4.78, 5) is 14.7. The van der Waals surface area contributed by atoms with Crippen molar-refractivity contribution in [1.29, 1.82) is 0 Å². The molecule has 1 N–H and O–H groups in total. The molecule has 0 aromatic carbocycles. The number of likely N-dealkylation sites (tertiary alicyclic amines) is 1. The number of hydrogen-bond donors (Lipinski definition) is 1. The molecule has 2 saturated heterocycles. The molecule has 2 unspecified atom stereocenters. The van der Waals surface area contributed by atoms with Crippen LogP contribution in [0.2, 0.25) is 0 Å². The van der Waals surface area contributed by atoms with Crippen molar-refractivity contribution in [2.24, 2.45) is 11.3 Å². The molecule has 0 bridgehead atoms. The van der Waals surface area contributed by atoms with Crippen molar-refractivity contribution >= 4 is 5.91 Å². The van der Waals surface area contributed by atoms with E-state index in [-0.39, 0.29) is 5.41 Å². The fourth-order valence-electron chi connectivity index (χ4n) is 3.10. The molecular weight excluding hydrogens is 216 g/mol. The zero-order chi connectivity index (χ0) is 12.3. The zero-order valence-electron chi connectivity index (χ0n) is 11.0. The van der Waals surface area contributed by atoms with Crippen LogP contribution in [0.4, 0.5) is 0 Å². The fourth-order valence-corrected chi connectivity index (χ4v) is 3.10. The molecule has 4 nitrogen and oxygen atoms in total. The zero-order valence-corrected chi connectivity index (χ0v) is 11.0. The van der Waals surface area contributed by atoms with Crippen molar-refractivity contribution in [2.75, 3.05) is 39.9 Å². The summed E-state index contributed by atoms with van der Waals surface area (Å²) in [6.07, 6.45) is 3.30. The van der Waals surface area contributed by atoms with Crippen LogP contribution in [0.25, 0.3) is 0 Å². The van der Waals surface area contributed by atoms with E-state index in [1.165, 1.54) is 6.42 Å². The summed E-state index contributed by atoms with van der Waals surface area (Å²) in [7, 11) is 1.69. The molecule has 2 aliphatic heterocycles. The second-order valence-corrected chi connectivity index (χ2v) is 5.64. The van der Waals surface area contributed by atoms with E-state index in [0.717, 1.165) is 39.0 Å². The van der Waals surface area contributed by atoms with E-state index >= 15 is 0 Å². The van der Waals surface area contributed by atoms with Crippen LogP contribution in [0.3, 0.4) is 0 Å². The average Bonchev–Trinajstić information content (AvgIpc) is 2.78. The van der Waals surface area contributed by atoms with Crippen molar-refractivity contribution in [2.45, 2.75) is 26.2 Å². The van der Waals surface area contributed by atoms with Gasteiger partial charge in [0.1, 0.15) is 0 Å².